The topological polar surface area (TPSA) is 77.0 Å². The van der Waals surface area contributed by atoms with E-state index < -0.39 is 0 Å². The number of aliphatic hydroxyl groups excluding tert-OH is 1. The van der Waals surface area contributed by atoms with Crippen molar-refractivity contribution in [3.05, 3.63) is 18.6 Å². The number of anilines is 1. The van der Waals surface area contributed by atoms with Crippen LogP contribution < -0.4 is 5.73 Å². The van der Waals surface area contributed by atoms with Crippen LogP contribution in [0.3, 0.4) is 0 Å². The summed E-state index contributed by atoms with van der Waals surface area (Å²) in [5, 5.41) is 9.35. The van der Waals surface area contributed by atoms with E-state index >= 15 is 0 Å². The Morgan fingerprint density at radius 3 is 3.07 bits per heavy atom. The van der Waals surface area contributed by atoms with E-state index in [0.29, 0.717) is 12.4 Å². The first-order valence-electron chi connectivity index (χ1n) is 4.45. The molecule has 2 aromatic rings. The Morgan fingerprint density at radius 2 is 2.27 bits per heavy atom. The summed E-state index contributed by atoms with van der Waals surface area (Å²) in [4.78, 5) is 8.02. The summed E-state index contributed by atoms with van der Waals surface area (Å²) in [5.41, 5.74) is 6.44. The first-order chi connectivity index (χ1) is 7.33. The van der Waals surface area contributed by atoms with Crippen LogP contribution in [0.25, 0.3) is 11.0 Å². The van der Waals surface area contributed by atoms with Crippen LogP contribution in [0.15, 0.2) is 18.6 Å². The van der Waals surface area contributed by atoms with Gasteiger partial charge in [-0.15, -0.1) is 0 Å². The average Bonchev–Trinajstić information content (AvgIpc) is 2.64. The molecule has 2 rings (SSSR count). The number of aromatic nitrogens is 3. The molecule has 5 nitrogen and oxygen atoms in total. The normalized spacial score (nSPS) is 9.93. The molecule has 0 aliphatic carbocycles. The van der Waals surface area contributed by atoms with E-state index in [1.807, 2.05) is 16.8 Å². The van der Waals surface area contributed by atoms with Gasteiger partial charge in [-0.1, -0.05) is 11.8 Å². The minimum atomic E-state index is -0.129. The third-order valence-corrected chi connectivity index (χ3v) is 2.04. The summed E-state index contributed by atoms with van der Waals surface area (Å²) in [7, 11) is 0. The van der Waals surface area contributed by atoms with Gasteiger partial charge in [0.25, 0.3) is 0 Å². The summed E-state index contributed by atoms with van der Waals surface area (Å²) >= 11 is 0. The fourth-order valence-electron chi connectivity index (χ4n) is 1.35. The van der Waals surface area contributed by atoms with Crippen molar-refractivity contribution in [3.8, 4) is 11.8 Å². The van der Waals surface area contributed by atoms with Crippen molar-refractivity contribution in [1.29, 1.82) is 0 Å². The molecule has 3 N–H and O–H groups in total. The number of rotatable bonds is 1. The molecule has 0 saturated heterocycles. The van der Waals surface area contributed by atoms with Crippen LogP contribution in [0.2, 0.25) is 0 Å². The van der Waals surface area contributed by atoms with E-state index in [0.717, 1.165) is 11.0 Å². The van der Waals surface area contributed by atoms with Crippen LogP contribution in [0.1, 0.15) is 0 Å². The lowest BCUT2D eigenvalue weighted by Crippen LogP contribution is -1.97. The Bertz CT molecular complexity index is 535. The summed E-state index contributed by atoms with van der Waals surface area (Å²) in [5.74, 6) is 5.85. The molecule has 0 spiro atoms. The molecule has 0 aromatic carbocycles. The molecule has 2 aromatic heterocycles. The first kappa shape index (κ1) is 9.49. The Morgan fingerprint density at radius 1 is 1.40 bits per heavy atom. The van der Waals surface area contributed by atoms with Gasteiger partial charge < -0.3 is 15.4 Å². The van der Waals surface area contributed by atoms with E-state index in [-0.39, 0.29) is 6.61 Å². The molecule has 76 valence electrons. The minimum Gasteiger partial charge on any atom is -0.384 e. The van der Waals surface area contributed by atoms with Crippen LogP contribution in [0.4, 0.5) is 5.82 Å². The number of hydrogen-bond donors (Lipinski definition) is 2. The van der Waals surface area contributed by atoms with Gasteiger partial charge in [0.05, 0.1) is 11.9 Å². The van der Waals surface area contributed by atoms with Gasteiger partial charge >= 0.3 is 0 Å². The van der Waals surface area contributed by atoms with Gasteiger partial charge in [0.15, 0.2) is 0 Å². The zero-order valence-electron chi connectivity index (χ0n) is 8.01. The molecule has 0 amide bonds. The van der Waals surface area contributed by atoms with Crippen molar-refractivity contribution in [2.45, 2.75) is 6.54 Å². The Labute approximate surface area is 86.6 Å². The molecule has 15 heavy (non-hydrogen) atoms. The Balaban J connectivity index is 2.41. The number of fused-ring (bicyclic) bond motifs is 1. The lowest BCUT2D eigenvalue weighted by Gasteiger charge is -1.98. The fourth-order valence-corrected chi connectivity index (χ4v) is 1.35. The third kappa shape index (κ3) is 1.75. The van der Waals surface area contributed by atoms with Crippen molar-refractivity contribution in [1.82, 2.24) is 14.5 Å². The largest absolute Gasteiger partial charge is 0.384 e. The van der Waals surface area contributed by atoms with Crippen LogP contribution in [0.5, 0.6) is 0 Å². The standard InChI is InChI=1S/C10H10N4O/c11-9-8-3-5-14(4-1-2-6-15)10(8)13-7-12-9/h3,5,7,15H,4,6H2,(H2,11,12,13). The maximum Gasteiger partial charge on any atom is 0.146 e. The number of nitrogens with zero attached hydrogens (tertiary/aromatic N) is 3. The molecule has 0 radical (unpaired) electrons. The van der Waals surface area contributed by atoms with Gasteiger partial charge in [0.2, 0.25) is 0 Å². The molecule has 0 aliphatic heterocycles. The van der Waals surface area contributed by atoms with E-state index in [2.05, 4.69) is 21.8 Å². The molecule has 0 atom stereocenters. The Kier molecular flexibility index (Phi) is 2.52. The van der Waals surface area contributed by atoms with E-state index in [4.69, 9.17) is 10.8 Å². The predicted molar refractivity (Wildman–Crippen MR) is 56.8 cm³/mol. The van der Waals surface area contributed by atoms with Gasteiger partial charge in [0.1, 0.15) is 24.4 Å². The van der Waals surface area contributed by atoms with Gasteiger partial charge in [-0.3, -0.25) is 0 Å². The minimum absolute atomic E-state index is 0.129. The van der Waals surface area contributed by atoms with E-state index in [1.165, 1.54) is 6.33 Å². The van der Waals surface area contributed by atoms with Gasteiger partial charge in [-0.2, -0.15) is 0 Å². The monoisotopic (exact) mass is 202 g/mol. The van der Waals surface area contributed by atoms with Gasteiger partial charge in [-0.05, 0) is 6.07 Å². The summed E-state index contributed by atoms with van der Waals surface area (Å²) in [6, 6.07) is 1.85. The maximum atomic E-state index is 8.52. The fraction of sp³-hybridized carbons (Fsp3) is 0.200. The highest BCUT2D eigenvalue weighted by molar-refractivity contribution is 5.85. The number of nitrogen functional groups attached to an aromatic ring is 1. The zero-order valence-corrected chi connectivity index (χ0v) is 8.01. The van der Waals surface area contributed by atoms with Gasteiger partial charge in [-0.25, -0.2) is 9.97 Å². The van der Waals surface area contributed by atoms with Crippen molar-refractivity contribution in [2.24, 2.45) is 0 Å². The second kappa shape index (κ2) is 3.98. The number of aliphatic hydroxyl groups is 1. The lowest BCUT2D eigenvalue weighted by molar-refractivity contribution is 0.350. The highest BCUT2D eigenvalue weighted by Gasteiger charge is 2.03. The third-order valence-electron chi connectivity index (χ3n) is 2.04. The van der Waals surface area contributed by atoms with Crippen LogP contribution in [0, 0.1) is 11.8 Å². The molecule has 0 bridgehead atoms. The SMILES string of the molecule is Nc1ncnc2c1ccn2CC#CCO. The molecule has 0 aliphatic rings. The second-order valence-electron chi connectivity index (χ2n) is 2.95. The lowest BCUT2D eigenvalue weighted by atomic mass is 10.4. The molecular formula is C10H10N4O. The van der Waals surface area contributed by atoms with Crippen LogP contribution >= 0.6 is 0 Å². The molecular weight excluding hydrogens is 192 g/mol. The second-order valence-corrected chi connectivity index (χ2v) is 2.95. The van der Waals surface area contributed by atoms with E-state index in [1.54, 1.807) is 0 Å². The van der Waals surface area contributed by atoms with Gasteiger partial charge in [0, 0.05) is 6.20 Å². The molecule has 0 saturated carbocycles. The summed E-state index contributed by atoms with van der Waals surface area (Å²) in [6.45, 7) is 0.358. The summed E-state index contributed by atoms with van der Waals surface area (Å²) < 4.78 is 1.86. The van der Waals surface area contributed by atoms with E-state index in [9.17, 15) is 0 Å². The van der Waals surface area contributed by atoms with Crippen molar-refractivity contribution in [2.75, 3.05) is 12.3 Å². The zero-order chi connectivity index (χ0) is 10.7. The molecule has 5 heteroatoms. The molecule has 2 heterocycles. The highest BCUT2D eigenvalue weighted by atomic mass is 16.2. The van der Waals surface area contributed by atoms with Crippen molar-refractivity contribution >= 4 is 16.9 Å². The smallest absolute Gasteiger partial charge is 0.146 e. The average molecular weight is 202 g/mol. The van der Waals surface area contributed by atoms with Crippen LogP contribution in [-0.2, 0) is 6.54 Å². The predicted octanol–water partition coefficient (Wildman–Crippen LogP) is 0.00920. The quantitative estimate of drug-likeness (QED) is 0.638. The molecule has 0 unspecified atom stereocenters. The van der Waals surface area contributed by atoms with Crippen molar-refractivity contribution in [3.63, 3.8) is 0 Å². The maximum absolute atomic E-state index is 8.52. The Hall–Kier alpha value is -2.06. The highest BCUT2D eigenvalue weighted by Crippen LogP contribution is 2.16. The summed E-state index contributed by atoms with van der Waals surface area (Å²) in [6.07, 6.45) is 3.27. The molecule has 0 fully saturated rings. The number of hydrogen-bond acceptors (Lipinski definition) is 4. The number of nitrogens with two attached hydrogens (primary N) is 1. The first-order valence-corrected chi connectivity index (χ1v) is 4.45. The van der Waals surface area contributed by atoms with Crippen LogP contribution in [-0.4, -0.2) is 26.2 Å². The van der Waals surface area contributed by atoms with Crippen molar-refractivity contribution < 1.29 is 5.11 Å².